The molecule has 0 aromatic heterocycles. The Balaban J connectivity index is 1.83. The van der Waals surface area contributed by atoms with Crippen LogP contribution in [0.25, 0.3) is 0 Å². The van der Waals surface area contributed by atoms with Crippen LogP contribution in [0.15, 0.2) is 23.4 Å². The summed E-state index contributed by atoms with van der Waals surface area (Å²) in [4.78, 5) is 0. The van der Waals surface area contributed by atoms with Crippen LogP contribution >= 0.6 is 0 Å². The summed E-state index contributed by atoms with van der Waals surface area (Å²) in [6.45, 7) is 3.75. The largest absolute Gasteiger partial charge is 0.409 e. The van der Waals surface area contributed by atoms with Crippen LogP contribution in [0.4, 0.5) is 4.39 Å². The van der Waals surface area contributed by atoms with Gasteiger partial charge in [0.2, 0.25) is 0 Å². The van der Waals surface area contributed by atoms with Crippen LogP contribution < -0.4 is 11.1 Å². The highest BCUT2D eigenvalue weighted by atomic mass is 19.1. The number of amidine groups is 1. The fraction of sp³-hybridized carbons (Fsp3) is 0.562. The maximum Gasteiger partial charge on any atom is 0.170 e. The number of oxime groups is 1. The first kappa shape index (κ1) is 15.8. The van der Waals surface area contributed by atoms with Gasteiger partial charge in [-0.15, -0.1) is 0 Å². The lowest BCUT2D eigenvalue weighted by Gasteiger charge is -2.26. The fourth-order valence-electron chi connectivity index (χ4n) is 2.85. The van der Waals surface area contributed by atoms with Crippen molar-refractivity contribution in [1.29, 1.82) is 0 Å². The van der Waals surface area contributed by atoms with Gasteiger partial charge in [0.05, 0.1) is 0 Å². The molecular formula is C16H24FN3O. The van der Waals surface area contributed by atoms with E-state index in [1.165, 1.54) is 31.7 Å². The topological polar surface area (TPSA) is 70.6 Å². The van der Waals surface area contributed by atoms with Gasteiger partial charge in [0.25, 0.3) is 0 Å². The summed E-state index contributed by atoms with van der Waals surface area (Å²) in [5.74, 6) is 1.15. The van der Waals surface area contributed by atoms with E-state index < -0.39 is 0 Å². The Hall–Kier alpha value is -1.62. The molecular weight excluding hydrogens is 269 g/mol. The van der Waals surface area contributed by atoms with Crippen LogP contribution in [-0.4, -0.2) is 17.6 Å². The highest BCUT2D eigenvalue weighted by Crippen LogP contribution is 2.27. The number of nitrogens with one attached hydrogen (secondary N) is 1. The van der Waals surface area contributed by atoms with E-state index in [1.807, 2.05) is 0 Å². The predicted molar refractivity (Wildman–Crippen MR) is 81.7 cm³/mol. The minimum absolute atomic E-state index is 0.0789. The van der Waals surface area contributed by atoms with Gasteiger partial charge in [-0.3, -0.25) is 0 Å². The van der Waals surface area contributed by atoms with E-state index in [-0.39, 0.29) is 11.7 Å². The zero-order chi connectivity index (χ0) is 15.2. The smallest absolute Gasteiger partial charge is 0.170 e. The van der Waals surface area contributed by atoms with Crippen LogP contribution in [0.1, 0.15) is 43.7 Å². The zero-order valence-electron chi connectivity index (χ0n) is 12.5. The first-order chi connectivity index (χ1) is 10.1. The van der Waals surface area contributed by atoms with E-state index in [2.05, 4.69) is 17.4 Å². The number of nitrogens with two attached hydrogens (primary N) is 1. The van der Waals surface area contributed by atoms with Crippen molar-refractivity contribution in [2.45, 2.75) is 39.2 Å². The summed E-state index contributed by atoms with van der Waals surface area (Å²) >= 11 is 0. The lowest BCUT2D eigenvalue weighted by molar-refractivity contribution is 0.281. The normalized spacial score (nSPS) is 23.2. The lowest BCUT2D eigenvalue weighted by atomic mass is 9.83. The number of benzene rings is 1. The zero-order valence-corrected chi connectivity index (χ0v) is 12.5. The van der Waals surface area contributed by atoms with Gasteiger partial charge in [0.15, 0.2) is 5.84 Å². The maximum absolute atomic E-state index is 13.9. The first-order valence-corrected chi connectivity index (χ1v) is 7.57. The molecule has 21 heavy (non-hydrogen) atoms. The number of hydrogen-bond acceptors (Lipinski definition) is 3. The van der Waals surface area contributed by atoms with Crippen molar-refractivity contribution in [2.24, 2.45) is 22.7 Å². The molecule has 0 radical (unpaired) electrons. The molecule has 1 aliphatic carbocycles. The van der Waals surface area contributed by atoms with Crippen molar-refractivity contribution in [1.82, 2.24) is 5.32 Å². The van der Waals surface area contributed by atoms with Crippen molar-refractivity contribution >= 4 is 5.84 Å². The minimum Gasteiger partial charge on any atom is -0.409 e. The molecule has 4 nitrogen and oxygen atoms in total. The molecule has 0 unspecified atom stereocenters. The summed E-state index contributed by atoms with van der Waals surface area (Å²) in [5, 5.41) is 14.8. The second kappa shape index (κ2) is 7.41. The second-order valence-electron chi connectivity index (χ2n) is 6.05. The summed E-state index contributed by atoms with van der Waals surface area (Å²) < 4.78 is 13.9. The average Bonchev–Trinajstić information content (AvgIpc) is 2.50. The molecule has 0 amide bonds. The molecule has 0 saturated heterocycles. The van der Waals surface area contributed by atoms with Crippen LogP contribution in [0, 0.1) is 17.7 Å². The molecule has 1 aromatic rings. The van der Waals surface area contributed by atoms with Crippen molar-refractivity contribution in [3.63, 3.8) is 0 Å². The van der Waals surface area contributed by atoms with Gasteiger partial charge in [-0.1, -0.05) is 37.1 Å². The molecule has 0 heterocycles. The van der Waals surface area contributed by atoms with Crippen molar-refractivity contribution in [2.75, 3.05) is 6.54 Å². The van der Waals surface area contributed by atoms with Gasteiger partial charge in [-0.2, -0.15) is 0 Å². The van der Waals surface area contributed by atoms with Crippen molar-refractivity contribution in [3.8, 4) is 0 Å². The van der Waals surface area contributed by atoms with Gasteiger partial charge in [0, 0.05) is 17.7 Å². The molecule has 1 fully saturated rings. The van der Waals surface area contributed by atoms with E-state index in [9.17, 15) is 4.39 Å². The minimum atomic E-state index is -0.330. The average molecular weight is 293 g/mol. The molecule has 1 saturated carbocycles. The predicted octanol–water partition coefficient (Wildman–Crippen LogP) is 2.84. The quantitative estimate of drug-likeness (QED) is 0.338. The van der Waals surface area contributed by atoms with Crippen molar-refractivity contribution in [3.05, 3.63) is 35.1 Å². The van der Waals surface area contributed by atoms with Gasteiger partial charge in [0.1, 0.15) is 5.82 Å². The van der Waals surface area contributed by atoms with E-state index in [0.29, 0.717) is 23.6 Å². The van der Waals surface area contributed by atoms with Crippen LogP contribution in [0.2, 0.25) is 0 Å². The third-order valence-electron chi connectivity index (χ3n) is 4.34. The molecule has 4 N–H and O–H groups in total. The Morgan fingerprint density at radius 2 is 2.10 bits per heavy atom. The van der Waals surface area contributed by atoms with Crippen LogP contribution in [0.3, 0.4) is 0 Å². The first-order valence-electron chi connectivity index (χ1n) is 7.57. The number of nitrogens with zero attached hydrogens (tertiary/aromatic N) is 1. The van der Waals surface area contributed by atoms with E-state index in [1.54, 1.807) is 12.1 Å². The third kappa shape index (κ3) is 4.43. The molecule has 5 heteroatoms. The summed E-state index contributed by atoms with van der Waals surface area (Å²) in [5.41, 5.74) is 6.43. The Bertz CT molecular complexity index is 496. The molecule has 0 spiro atoms. The Morgan fingerprint density at radius 1 is 1.38 bits per heavy atom. The lowest BCUT2D eigenvalue weighted by Crippen LogP contribution is -2.26. The second-order valence-corrected chi connectivity index (χ2v) is 6.05. The maximum atomic E-state index is 13.9. The number of rotatable bonds is 5. The fourth-order valence-corrected chi connectivity index (χ4v) is 2.85. The molecule has 0 aliphatic heterocycles. The highest BCUT2D eigenvalue weighted by molar-refractivity contribution is 5.97. The monoisotopic (exact) mass is 293 g/mol. The highest BCUT2D eigenvalue weighted by Gasteiger charge is 2.17. The number of halogens is 1. The summed E-state index contributed by atoms with van der Waals surface area (Å²) in [6.07, 6.45) is 5.13. The SMILES string of the molecule is CC1CCC(CNCc2ccc(C(N)=NO)cc2F)CC1. The molecule has 2 rings (SSSR count). The van der Waals surface area contributed by atoms with E-state index >= 15 is 0 Å². The van der Waals surface area contributed by atoms with Gasteiger partial charge >= 0.3 is 0 Å². The van der Waals surface area contributed by atoms with Crippen LogP contribution in [-0.2, 0) is 6.54 Å². The summed E-state index contributed by atoms with van der Waals surface area (Å²) in [6, 6.07) is 4.64. The standard InChI is InChI=1S/C16H24FN3O/c1-11-2-4-12(5-3-11)9-19-10-14-7-6-13(8-15(14)17)16(18)20-21/h6-8,11-12,19,21H,2-5,9-10H2,1H3,(H2,18,20). The van der Waals surface area contributed by atoms with Gasteiger partial charge < -0.3 is 16.3 Å². The number of hydrogen-bond donors (Lipinski definition) is 3. The Labute approximate surface area is 125 Å². The van der Waals surface area contributed by atoms with Crippen LogP contribution in [0.5, 0.6) is 0 Å². The summed E-state index contributed by atoms with van der Waals surface area (Å²) in [7, 11) is 0. The third-order valence-corrected chi connectivity index (χ3v) is 4.34. The van der Waals surface area contributed by atoms with Gasteiger partial charge in [-0.05, 0) is 37.3 Å². The Morgan fingerprint density at radius 3 is 2.71 bits per heavy atom. The molecule has 116 valence electrons. The van der Waals surface area contributed by atoms with E-state index in [0.717, 1.165) is 12.5 Å². The van der Waals surface area contributed by atoms with Gasteiger partial charge in [-0.25, -0.2) is 4.39 Å². The molecule has 0 bridgehead atoms. The van der Waals surface area contributed by atoms with E-state index in [4.69, 9.17) is 10.9 Å². The Kier molecular flexibility index (Phi) is 5.56. The molecule has 1 aromatic carbocycles. The van der Waals surface area contributed by atoms with Crippen molar-refractivity contribution < 1.29 is 9.60 Å². The molecule has 0 atom stereocenters. The molecule has 1 aliphatic rings.